The van der Waals surface area contributed by atoms with Gasteiger partial charge in [-0.1, -0.05) is 6.92 Å². The average molecular weight is 291 g/mol. The Morgan fingerprint density at radius 3 is 1.90 bits per heavy atom. The third-order valence-electron chi connectivity index (χ3n) is 2.72. The van der Waals surface area contributed by atoms with Crippen molar-refractivity contribution in [2.24, 2.45) is 0 Å². The summed E-state index contributed by atoms with van der Waals surface area (Å²) >= 11 is 0. The van der Waals surface area contributed by atoms with Gasteiger partial charge in [0.25, 0.3) is 0 Å². The summed E-state index contributed by atoms with van der Waals surface area (Å²) in [5, 5.41) is 2.74. The summed E-state index contributed by atoms with van der Waals surface area (Å²) in [5.41, 5.74) is -0.863. The molecule has 1 rings (SSSR count). The van der Waals surface area contributed by atoms with Crippen LogP contribution in [0.1, 0.15) is 38.3 Å². The maximum Gasteiger partial charge on any atom is 0.200 e. The minimum atomic E-state index is -2.15. The molecule has 6 heteroatoms. The Bertz CT molecular complexity index is 516. The summed E-state index contributed by atoms with van der Waals surface area (Å²) < 4.78 is 66.8. The number of nitrogens with one attached hydrogen (secondary N) is 1. The quantitative estimate of drug-likeness (QED) is 0.376. The molecule has 1 atom stereocenters. The molecular weight excluding hydrogens is 277 g/mol. The molecule has 0 saturated heterocycles. The first-order valence-corrected chi connectivity index (χ1v) is 6.09. The molecule has 110 valence electrons. The second-order valence-corrected chi connectivity index (χ2v) is 4.12. The zero-order chi connectivity index (χ0) is 15.3. The summed E-state index contributed by atoms with van der Waals surface area (Å²) in [6.45, 7) is 3.71. The molecule has 1 unspecified atom stereocenters. The largest absolute Gasteiger partial charge is 0.309 e. The van der Waals surface area contributed by atoms with Crippen molar-refractivity contribution in [2.45, 2.75) is 32.7 Å². The first kappa shape index (κ1) is 16.4. The molecule has 0 fully saturated rings. The predicted molar refractivity (Wildman–Crippen MR) is 65.3 cm³/mol. The fraction of sp³-hybridized carbons (Fsp3) is 0.429. The van der Waals surface area contributed by atoms with Crippen LogP contribution in [0.15, 0.2) is 0 Å². The van der Waals surface area contributed by atoms with Crippen molar-refractivity contribution in [2.75, 3.05) is 6.54 Å². The summed E-state index contributed by atoms with van der Waals surface area (Å²) in [7, 11) is 0. The maximum atomic E-state index is 13.7. The van der Waals surface area contributed by atoms with Gasteiger partial charge in [-0.2, -0.15) is 0 Å². The van der Waals surface area contributed by atoms with E-state index in [0.29, 0.717) is 13.0 Å². The van der Waals surface area contributed by atoms with E-state index in [2.05, 4.69) is 17.2 Å². The molecule has 0 spiro atoms. The van der Waals surface area contributed by atoms with Gasteiger partial charge in [0.05, 0.1) is 0 Å². The van der Waals surface area contributed by atoms with E-state index in [0.717, 1.165) is 0 Å². The SMILES string of the molecule is CC#CCC(NCCC)c1c(F)c(F)c(F)c(F)c1F. The lowest BCUT2D eigenvalue weighted by Crippen LogP contribution is -2.25. The van der Waals surface area contributed by atoms with Crippen molar-refractivity contribution in [1.82, 2.24) is 5.32 Å². The second kappa shape index (κ2) is 7.25. The van der Waals surface area contributed by atoms with Gasteiger partial charge in [0, 0.05) is 18.0 Å². The third kappa shape index (κ3) is 3.28. The summed E-state index contributed by atoms with van der Waals surface area (Å²) in [6.07, 6.45) is 0.598. The summed E-state index contributed by atoms with van der Waals surface area (Å²) in [4.78, 5) is 0. The average Bonchev–Trinajstić information content (AvgIpc) is 2.45. The molecule has 0 aliphatic carbocycles. The Labute approximate surface area is 114 Å². The summed E-state index contributed by atoms with van der Waals surface area (Å²) in [6, 6.07) is -1.05. The van der Waals surface area contributed by atoms with Gasteiger partial charge < -0.3 is 5.32 Å². The van der Waals surface area contributed by atoms with Crippen molar-refractivity contribution in [3.63, 3.8) is 0 Å². The van der Waals surface area contributed by atoms with Crippen LogP contribution < -0.4 is 5.32 Å². The Morgan fingerprint density at radius 2 is 1.45 bits per heavy atom. The predicted octanol–water partition coefficient (Wildman–Crippen LogP) is 3.84. The molecule has 0 amide bonds. The maximum absolute atomic E-state index is 13.7. The standard InChI is InChI=1S/C14H14F5N/c1-3-5-6-8(20-7-4-2)9-10(15)12(17)14(19)13(18)11(9)16/h8,20H,4,6-7H2,1-2H3. The van der Waals surface area contributed by atoms with E-state index < -0.39 is 40.7 Å². The minimum absolute atomic E-state index is 0.0468. The lowest BCUT2D eigenvalue weighted by Gasteiger charge is -2.18. The molecule has 1 aromatic carbocycles. The van der Waals surface area contributed by atoms with Crippen LogP contribution in [0, 0.1) is 40.9 Å². The van der Waals surface area contributed by atoms with Crippen molar-refractivity contribution in [3.05, 3.63) is 34.6 Å². The minimum Gasteiger partial charge on any atom is -0.309 e. The fourth-order valence-electron chi connectivity index (χ4n) is 1.73. The highest BCUT2D eigenvalue weighted by Gasteiger charge is 2.29. The molecule has 1 nitrogen and oxygen atoms in total. The van der Waals surface area contributed by atoms with Crippen LogP contribution in [0.25, 0.3) is 0 Å². The number of rotatable bonds is 5. The molecular formula is C14H14F5N. The molecule has 0 radical (unpaired) electrons. The van der Waals surface area contributed by atoms with Gasteiger partial charge in [0.15, 0.2) is 23.3 Å². The Morgan fingerprint density at radius 1 is 0.950 bits per heavy atom. The number of hydrogen-bond donors (Lipinski definition) is 1. The Hall–Kier alpha value is -1.61. The molecule has 1 N–H and O–H groups in total. The van der Waals surface area contributed by atoms with E-state index in [-0.39, 0.29) is 6.42 Å². The zero-order valence-corrected chi connectivity index (χ0v) is 11.1. The van der Waals surface area contributed by atoms with Crippen LogP contribution >= 0.6 is 0 Å². The van der Waals surface area contributed by atoms with E-state index in [1.54, 1.807) is 0 Å². The van der Waals surface area contributed by atoms with Gasteiger partial charge in [0.1, 0.15) is 0 Å². The normalized spacial score (nSPS) is 11.9. The van der Waals surface area contributed by atoms with Crippen LogP contribution in [0.4, 0.5) is 22.0 Å². The van der Waals surface area contributed by atoms with E-state index in [4.69, 9.17) is 0 Å². The van der Waals surface area contributed by atoms with Crippen LogP contribution in [-0.4, -0.2) is 6.54 Å². The highest BCUT2D eigenvalue weighted by molar-refractivity contribution is 5.28. The van der Waals surface area contributed by atoms with E-state index in [1.165, 1.54) is 6.92 Å². The number of halogens is 5. The molecule has 0 bridgehead atoms. The van der Waals surface area contributed by atoms with Crippen LogP contribution in [0.3, 0.4) is 0 Å². The highest BCUT2D eigenvalue weighted by Crippen LogP contribution is 2.29. The van der Waals surface area contributed by atoms with E-state index in [9.17, 15) is 22.0 Å². The third-order valence-corrected chi connectivity index (χ3v) is 2.72. The smallest absolute Gasteiger partial charge is 0.200 e. The lowest BCUT2D eigenvalue weighted by molar-refractivity contribution is 0.356. The first-order chi connectivity index (χ1) is 9.45. The zero-order valence-electron chi connectivity index (χ0n) is 11.1. The van der Waals surface area contributed by atoms with Crippen LogP contribution in [0.5, 0.6) is 0 Å². The topological polar surface area (TPSA) is 12.0 Å². The van der Waals surface area contributed by atoms with Gasteiger partial charge in [-0.3, -0.25) is 0 Å². The molecule has 0 saturated carbocycles. The Balaban J connectivity index is 3.33. The van der Waals surface area contributed by atoms with Crippen molar-refractivity contribution in [1.29, 1.82) is 0 Å². The number of benzene rings is 1. The van der Waals surface area contributed by atoms with Gasteiger partial charge >= 0.3 is 0 Å². The molecule has 0 aliphatic heterocycles. The van der Waals surface area contributed by atoms with E-state index in [1.807, 2.05) is 6.92 Å². The van der Waals surface area contributed by atoms with Crippen molar-refractivity contribution < 1.29 is 22.0 Å². The van der Waals surface area contributed by atoms with Crippen molar-refractivity contribution >= 4 is 0 Å². The molecule has 1 aromatic rings. The van der Waals surface area contributed by atoms with Crippen molar-refractivity contribution in [3.8, 4) is 11.8 Å². The number of hydrogen-bond acceptors (Lipinski definition) is 1. The van der Waals surface area contributed by atoms with Gasteiger partial charge in [0.2, 0.25) is 5.82 Å². The van der Waals surface area contributed by atoms with Crippen LogP contribution in [-0.2, 0) is 0 Å². The van der Waals surface area contributed by atoms with Gasteiger partial charge in [-0.05, 0) is 19.9 Å². The summed E-state index contributed by atoms with van der Waals surface area (Å²) in [5.74, 6) is -4.55. The van der Waals surface area contributed by atoms with Crippen LogP contribution in [0.2, 0.25) is 0 Å². The molecule has 20 heavy (non-hydrogen) atoms. The highest BCUT2D eigenvalue weighted by atomic mass is 19.2. The lowest BCUT2D eigenvalue weighted by atomic mass is 10.0. The molecule has 0 aromatic heterocycles. The molecule has 0 heterocycles. The monoisotopic (exact) mass is 291 g/mol. The fourth-order valence-corrected chi connectivity index (χ4v) is 1.73. The Kier molecular flexibility index (Phi) is 5.96. The second-order valence-electron chi connectivity index (χ2n) is 4.12. The van der Waals surface area contributed by atoms with E-state index >= 15 is 0 Å². The first-order valence-electron chi connectivity index (χ1n) is 6.09. The van der Waals surface area contributed by atoms with Gasteiger partial charge in [-0.25, -0.2) is 22.0 Å². The molecule has 0 aliphatic rings. The van der Waals surface area contributed by atoms with Gasteiger partial charge in [-0.15, -0.1) is 11.8 Å².